The van der Waals surface area contributed by atoms with Gasteiger partial charge in [0.15, 0.2) is 5.13 Å². The number of alkyl halides is 3. The molecule has 0 radical (unpaired) electrons. The van der Waals surface area contributed by atoms with Gasteiger partial charge in [-0.15, -0.1) is 11.3 Å². The van der Waals surface area contributed by atoms with Crippen molar-refractivity contribution in [2.45, 2.75) is 11.1 Å². The molecule has 33 heavy (non-hydrogen) atoms. The maximum atomic E-state index is 13.1. The molecule has 0 unspecified atom stereocenters. The minimum Gasteiger partial charge on any atom is -0.345 e. The van der Waals surface area contributed by atoms with Crippen LogP contribution in [-0.2, 0) is 16.2 Å². The number of halogens is 6. The van der Waals surface area contributed by atoms with Crippen molar-refractivity contribution in [3.8, 4) is 11.3 Å². The molecule has 1 aliphatic heterocycles. The zero-order valence-corrected chi connectivity index (χ0v) is 20.5. The maximum Gasteiger partial charge on any atom is 0.416 e. The number of nitrogens with zero attached hydrogens (tertiary/aromatic N) is 3. The fourth-order valence-electron chi connectivity index (χ4n) is 3.33. The largest absolute Gasteiger partial charge is 0.416 e. The number of sulfonamides is 1. The Morgan fingerprint density at radius 3 is 2.21 bits per heavy atom. The van der Waals surface area contributed by atoms with E-state index in [2.05, 4.69) is 4.98 Å². The van der Waals surface area contributed by atoms with Crippen LogP contribution in [0, 0.1) is 0 Å². The fraction of sp³-hybridized carbons (Fsp3) is 0.250. The van der Waals surface area contributed by atoms with Crippen molar-refractivity contribution >= 4 is 61.3 Å². The number of rotatable bonds is 4. The third kappa shape index (κ3) is 5.11. The number of piperazine rings is 1. The van der Waals surface area contributed by atoms with Crippen molar-refractivity contribution in [3.05, 3.63) is 62.4 Å². The lowest BCUT2D eigenvalue weighted by atomic mass is 10.2. The maximum absolute atomic E-state index is 13.1. The molecule has 2 aromatic carbocycles. The summed E-state index contributed by atoms with van der Waals surface area (Å²) in [7, 11) is -4.20. The number of aromatic nitrogens is 1. The van der Waals surface area contributed by atoms with E-state index in [0.717, 1.165) is 22.0 Å². The summed E-state index contributed by atoms with van der Waals surface area (Å²) in [6.07, 6.45) is -4.68. The molecule has 1 aromatic heterocycles. The van der Waals surface area contributed by atoms with Crippen molar-refractivity contribution in [1.29, 1.82) is 0 Å². The van der Waals surface area contributed by atoms with E-state index in [-0.39, 0.29) is 18.1 Å². The lowest BCUT2D eigenvalue weighted by Gasteiger charge is -2.34. The number of thiazole rings is 1. The van der Waals surface area contributed by atoms with E-state index in [9.17, 15) is 21.6 Å². The minimum absolute atomic E-state index is 0.0800. The monoisotopic (exact) mass is 555 g/mol. The lowest BCUT2D eigenvalue weighted by Crippen LogP contribution is -2.48. The Morgan fingerprint density at radius 1 is 0.909 bits per heavy atom. The van der Waals surface area contributed by atoms with Gasteiger partial charge in [0, 0.05) is 37.1 Å². The average Bonchev–Trinajstić information content (AvgIpc) is 3.25. The molecule has 0 N–H and O–H groups in total. The van der Waals surface area contributed by atoms with Gasteiger partial charge in [0.25, 0.3) is 0 Å². The highest BCUT2D eigenvalue weighted by molar-refractivity contribution is 7.89. The SMILES string of the molecule is O=S(=O)(c1cc(C(F)(F)F)ccc1Cl)N1CCN(c2nc(-c3ccc(Cl)c(Cl)c3)cs2)CC1. The number of hydrogen-bond acceptors (Lipinski definition) is 5. The van der Waals surface area contributed by atoms with Crippen LogP contribution in [0.4, 0.5) is 18.3 Å². The zero-order valence-electron chi connectivity index (χ0n) is 16.6. The second-order valence-corrected chi connectivity index (χ2v) is 11.1. The van der Waals surface area contributed by atoms with Crippen LogP contribution < -0.4 is 4.90 Å². The molecule has 4 rings (SSSR count). The van der Waals surface area contributed by atoms with Gasteiger partial charge in [-0.25, -0.2) is 13.4 Å². The van der Waals surface area contributed by atoms with Crippen LogP contribution >= 0.6 is 46.1 Å². The van der Waals surface area contributed by atoms with Crippen molar-refractivity contribution in [2.75, 3.05) is 31.1 Å². The van der Waals surface area contributed by atoms with Crippen molar-refractivity contribution < 1.29 is 21.6 Å². The first-order valence-electron chi connectivity index (χ1n) is 9.49. The predicted molar refractivity (Wildman–Crippen MR) is 125 cm³/mol. The first-order chi connectivity index (χ1) is 15.5. The standard InChI is InChI=1S/C20H15Cl3F3N3O2S2/c21-14-3-1-12(9-16(14)23)17-11-32-19(27-17)28-5-7-29(8-6-28)33(30,31)18-10-13(20(24,25)26)2-4-15(18)22/h1-4,9-11H,5-8H2. The highest BCUT2D eigenvalue weighted by Gasteiger charge is 2.35. The van der Waals surface area contributed by atoms with Gasteiger partial charge in [-0.1, -0.05) is 40.9 Å². The Balaban J connectivity index is 1.49. The van der Waals surface area contributed by atoms with E-state index < -0.39 is 26.7 Å². The van der Waals surface area contributed by atoms with Gasteiger partial charge in [-0.3, -0.25) is 0 Å². The van der Waals surface area contributed by atoms with Crippen LogP contribution in [0.2, 0.25) is 15.1 Å². The third-order valence-electron chi connectivity index (χ3n) is 5.09. The molecule has 3 aromatic rings. The quantitative estimate of drug-likeness (QED) is 0.378. The van der Waals surface area contributed by atoms with Gasteiger partial charge in [0.2, 0.25) is 10.0 Å². The van der Waals surface area contributed by atoms with E-state index in [0.29, 0.717) is 40.0 Å². The first kappa shape index (κ1) is 24.6. The highest BCUT2D eigenvalue weighted by Crippen LogP contribution is 2.35. The summed E-state index contributed by atoms with van der Waals surface area (Å²) < 4.78 is 66.3. The molecular weight excluding hydrogens is 542 g/mol. The molecule has 0 aliphatic carbocycles. The molecule has 0 bridgehead atoms. The zero-order chi connectivity index (χ0) is 24.0. The molecule has 2 heterocycles. The highest BCUT2D eigenvalue weighted by atomic mass is 35.5. The Morgan fingerprint density at radius 2 is 1.58 bits per heavy atom. The smallest absolute Gasteiger partial charge is 0.345 e. The topological polar surface area (TPSA) is 53.5 Å². The molecule has 1 fully saturated rings. The summed E-state index contributed by atoms with van der Waals surface area (Å²) in [4.78, 5) is 5.97. The summed E-state index contributed by atoms with van der Waals surface area (Å²) in [5.74, 6) is 0. The summed E-state index contributed by atoms with van der Waals surface area (Å²) in [6, 6.07) is 7.48. The summed E-state index contributed by atoms with van der Waals surface area (Å²) in [5.41, 5.74) is 0.438. The second-order valence-electron chi connectivity index (χ2n) is 7.18. The Labute approximate surface area is 207 Å². The molecular formula is C20H15Cl3F3N3O2S2. The van der Waals surface area contributed by atoms with Crippen LogP contribution in [0.1, 0.15) is 5.56 Å². The molecule has 1 saturated heterocycles. The molecule has 0 spiro atoms. The molecule has 0 amide bonds. The van der Waals surface area contributed by atoms with E-state index in [1.807, 2.05) is 10.3 Å². The predicted octanol–water partition coefficient (Wildman–Crippen LogP) is 6.30. The van der Waals surface area contributed by atoms with E-state index in [1.54, 1.807) is 18.2 Å². The molecule has 0 saturated carbocycles. The lowest BCUT2D eigenvalue weighted by molar-refractivity contribution is -0.137. The van der Waals surface area contributed by atoms with Crippen LogP contribution in [0.5, 0.6) is 0 Å². The Kier molecular flexibility index (Phi) is 6.88. The van der Waals surface area contributed by atoms with Crippen molar-refractivity contribution in [3.63, 3.8) is 0 Å². The van der Waals surface area contributed by atoms with E-state index in [1.165, 1.54) is 11.3 Å². The molecule has 1 aliphatic rings. The van der Waals surface area contributed by atoms with Gasteiger partial charge in [-0.05, 0) is 30.3 Å². The number of anilines is 1. The van der Waals surface area contributed by atoms with Crippen LogP contribution in [0.25, 0.3) is 11.3 Å². The molecule has 13 heteroatoms. The number of hydrogen-bond donors (Lipinski definition) is 0. The average molecular weight is 557 g/mol. The van der Waals surface area contributed by atoms with Gasteiger partial charge < -0.3 is 4.90 Å². The summed E-state index contributed by atoms with van der Waals surface area (Å²) >= 11 is 19.4. The Hall–Kier alpha value is -1.56. The summed E-state index contributed by atoms with van der Waals surface area (Å²) in [5, 5.41) is 3.16. The van der Waals surface area contributed by atoms with Crippen LogP contribution in [-0.4, -0.2) is 43.9 Å². The third-order valence-corrected chi connectivity index (χ3v) is 9.11. The molecule has 5 nitrogen and oxygen atoms in total. The molecule has 176 valence electrons. The van der Waals surface area contributed by atoms with Gasteiger partial charge in [-0.2, -0.15) is 17.5 Å². The van der Waals surface area contributed by atoms with Crippen LogP contribution in [0.15, 0.2) is 46.7 Å². The summed E-state index contributed by atoms with van der Waals surface area (Å²) in [6.45, 7) is 0.807. The van der Waals surface area contributed by atoms with Crippen molar-refractivity contribution in [2.24, 2.45) is 0 Å². The number of benzene rings is 2. The fourth-order valence-corrected chi connectivity index (χ4v) is 6.44. The van der Waals surface area contributed by atoms with Gasteiger partial charge in [0.05, 0.1) is 26.3 Å². The van der Waals surface area contributed by atoms with Gasteiger partial charge >= 0.3 is 6.18 Å². The normalized spacial score (nSPS) is 15.8. The molecule has 0 atom stereocenters. The van der Waals surface area contributed by atoms with E-state index in [4.69, 9.17) is 34.8 Å². The second kappa shape index (κ2) is 9.24. The van der Waals surface area contributed by atoms with Gasteiger partial charge in [0.1, 0.15) is 4.90 Å². The van der Waals surface area contributed by atoms with E-state index >= 15 is 0 Å². The van der Waals surface area contributed by atoms with Crippen LogP contribution in [0.3, 0.4) is 0 Å². The van der Waals surface area contributed by atoms with Crippen molar-refractivity contribution in [1.82, 2.24) is 9.29 Å². The first-order valence-corrected chi connectivity index (χ1v) is 12.9. The Bertz CT molecular complexity index is 1290. The minimum atomic E-state index is -4.68.